The molecule has 2 rings (SSSR count). The number of aromatic hydroxyl groups is 1. The highest BCUT2D eigenvalue weighted by atomic mass is 79.9. The second-order valence-electron chi connectivity index (χ2n) is 4.56. The van der Waals surface area contributed by atoms with Gasteiger partial charge in [0.15, 0.2) is 17.7 Å². The van der Waals surface area contributed by atoms with E-state index in [0.717, 1.165) is 11.3 Å². The quantitative estimate of drug-likeness (QED) is 0.669. The lowest BCUT2D eigenvalue weighted by Gasteiger charge is -2.00. The van der Waals surface area contributed by atoms with E-state index < -0.39 is 0 Å². The van der Waals surface area contributed by atoms with Crippen LogP contribution in [-0.4, -0.2) is 11.3 Å². The first-order chi connectivity index (χ1) is 9.51. The van der Waals surface area contributed by atoms with Gasteiger partial charge in [-0.2, -0.15) is 0 Å². The molecule has 102 valence electrons. The molecule has 0 aliphatic rings. The van der Waals surface area contributed by atoms with Gasteiger partial charge in [-0.1, -0.05) is 27.6 Å². The minimum atomic E-state index is -0.138. The standard InChI is InChI=1S/C15H13BrN2O2/c1-9-3-4-13(10(2)5-9)17-8-11-6-12(16)7-14(18-20)15(11)19/h3-8,19H,1-2H3/p+1. The Morgan fingerprint density at radius 3 is 2.65 bits per heavy atom. The highest BCUT2D eigenvalue weighted by Gasteiger charge is 2.11. The van der Waals surface area contributed by atoms with Crippen LogP contribution in [0.3, 0.4) is 0 Å². The van der Waals surface area contributed by atoms with Crippen LogP contribution in [0.2, 0.25) is 0 Å². The van der Waals surface area contributed by atoms with E-state index in [2.05, 4.69) is 32.2 Å². The summed E-state index contributed by atoms with van der Waals surface area (Å²) >= 11 is 3.28. The first-order valence-electron chi connectivity index (χ1n) is 6.04. The normalized spacial score (nSPS) is 10.9. The highest BCUT2D eigenvalue weighted by Crippen LogP contribution is 2.32. The SMILES string of the molecule is Cc1ccc([NH+]=Cc2cc(Br)cc(N=O)c2O)c(C)c1. The largest absolute Gasteiger partial charge is 0.505 e. The molecule has 0 saturated carbocycles. The van der Waals surface area contributed by atoms with Crippen molar-refractivity contribution in [3.05, 3.63) is 56.4 Å². The summed E-state index contributed by atoms with van der Waals surface area (Å²) in [6.07, 6.45) is 1.65. The van der Waals surface area contributed by atoms with Crippen LogP contribution in [0.4, 0.5) is 11.4 Å². The molecule has 0 spiro atoms. The van der Waals surface area contributed by atoms with Crippen molar-refractivity contribution >= 4 is 33.5 Å². The van der Waals surface area contributed by atoms with Gasteiger partial charge in [-0.15, -0.1) is 4.91 Å². The molecule has 0 radical (unpaired) electrons. The minimum absolute atomic E-state index is 0.00746. The summed E-state index contributed by atoms with van der Waals surface area (Å²) < 4.78 is 0.679. The van der Waals surface area contributed by atoms with Gasteiger partial charge >= 0.3 is 0 Å². The van der Waals surface area contributed by atoms with Crippen LogP contribution in [0, 0.1) is 18.8 Å². The van der Waals surface area contributed by atoms with Gasteiger partial charge in [0.25, 0.3) is 0 Å². The lowest BCUT2D eigenvalue weighted by molar-refractivity contribution is -0.347. The predicted octanol–water partition coefficient (Wildman–Crippen LogP) is 3.00. The zero-order chi connectivity index (χ0) is 14.7. The zero-order valence-electron chi connectivity index (χ0n) is 11.1. The molecular weight excluding hydrogens is 320 g/mol. The molecule has 20 heavy (non-hydrogen) atoms. The third kappa shape index (κ3) is 3.11. The Morgan fingerprint density at radius 2 is 2.00 bits per heavy atom. The van der Waals surface area contributed by atoms with Crippen molar-refractivity contribution in [2.75, 3.05) is 0 Å². The maximum Gasteiger partial charge on any atom is 0.206 e. The van der Waals surface area contributed by atoms with Gasteiger partial charge in [0.2, 0.25) is 5.69 Å². The van der Waals surface area contributed by atoms with Crippen molar-refractivity contribution in [1.29, 1.82) is 0 Å². The van der Waals surface area contributed by atoms with E-state index in [9.17, 15) is 10.0 Å². The molecule has 0 aliphatic heterocycles. The van der Waals surface area contributed by atoms with E-state index in [-0.39, 0.29) is 11.4 Å². The molecule has 5 heteroatoms. The molecule has 0 saturated heterocycles. The predicted molar refractivity (Wildman–Crippen MR) is 83.0 cm³/mol. The monoisotopic (exact) mass is 333 g/mol. The molecule has 4 nitrogen and oxygen atoms in total. The third-order valence-corrected chi connectivity index (χ3v) is 3.41. The fraction of sp³-hybridized carbons (Fsp3) is 0.133. The summed E-state index contributed by atoms with van der Waals surface area (Å²) in [5, 5.41) is 12.7. The minimum Gasteiger partial charge on any atom is -0.505 e. The molecular formula is C15H14BrN2O2+. The molecule has 2 N–H and O–H groups in total. The summed E-state index contributed by atoms with van der Waals surface area (Å²) in [5.41, 5.74) is 3.73. The van der Waals surface area contributed by atoms with Crippen molar-refractivity contribution in [3.63, 3.8) is 0 Å². The molecule has 0 aliphatic carbocycles. The topological polar surface area (TPSA) is 63.6 Å². The number of halogens is 1. The van der Waals surface area contributed by atoms with Crippen LogP contribution in [0.15, 0.2) is 40.0 Å². The Hall–Kier alpha value is -2.01. The lowest BCUT2D eigenvalue weighted by Crippen LogP contribution is -2.62. The van der Waals surface area contributed by atoms with E-state index in [1.165, 1.54) is 11.6 Å². The van der Waals surface area contributed by atoms with Crippen LogP contribution in [0.1, 0.15) is 16.7 Å². The van der Waals surface area contributed by atoms with Crippen LogP contribution in [0.5, 0.6) is 5.75 Å². The van der Waals surface area contributed by atoms with Crippen molar-refractivity contribution < 1.29 is 10.1 Å². The van der Waals surface area contributed by atoms with Crippen LogP contribution in [-0.2, 0) is 0 Å². The maximum absolute atomic E-state index is 10.6. The van der Waals surface area contributed by atoms with Crippen LogP contribution >= 0.6 is 15.9 Å². The molecule has 0 fully saturated rings. The number of benzene rings is 2. The third-order valence-electron chi connectivity index (χ3n) is 2.95. The number of aryl methyl sites for hydroxylation is 2. The summed E-state index contributed by atoms with van der Waals surface area (Å²) in [6.45, 7) is 4.03. The maximum atomic E-state index is 10.6. The Morgan fingerprint density at radius 1 is 1.25 bits per heavy atom. The Balaban J connectivity index is 2.41. The highest BCUT2D eigenvalue weighted by molar-refractivity contribution is 9.10. The van der Waals surface area contributed by atoms with Gasteiger partial charge in [0, 0.05) is 16.1 Å². The van der Waals surface area contributed by atoms with Crippen molar-refractivity contribution in [1.82, 2.24) is 0 Å². The first-order valence-corrected chi connectivity index (χ1v) is 6.83. The molecule has 2 aromatic rings. The smallest absolute Gasteiger partial charge is 0.206 e. The summed E-state index contributed by atoms with van der Waals surface area (Å²) in [6, 6.07) is 9.21. The number of nitroso groups, excluding NO2 is 1. The molecule has 2 aromatic carbocycles. The lowest BCUT2D eigenvalue weighted by atomic mass is 10.1. The average molecular weight is 334 g/mol. The number of phenolic OH excluding ortho intramolecular Hbond substituents is 1. The molecule has 0 heterocycles. The Labute approximate surface area is 125 Å². The van der Waals surface area contributed by atoms with E-state index >= 15 is 0 Å². The van der Waals surface area contributed by atoms with Gasteiger partial charge in [-0.25, -0.2) is 4.99 Å². The zero-order valence-corrected chi connectivity index (χ0v) is 12.7. The van der Waals surface area contributed by atoms with E-state index in [1.54, 1.807) is 12.3 Å². The number of phenols is 1. The molecule has 0 unspecified atom stereocenters. The summed E-state index contributed by atoms with van der Waals surface area (Å²) in [5.74, 6) is -0.138. The number of rotatable bonds is 3. The fourth-order valence-corrected chi connectivity index (χ4v) is 2.38. The van der Waals surface area contributed by atoms with Crippen molar-refractivity contribution in [2.24, 2.45) is 5.18 Å². The summed E-state index contributed by atoms with van der Waals surface area (Å²) in [7, 11) is 0. The number of hydrogen-bond acceptors (Lipinski definition) is 3. The number of nitrogens with one attached hydrogen (secondary N) is 1. The molecule has 0 atom stereocenters. The second kappa shape index (κ2) is 5.96. The second-order valence-corrected chi connectivity index (χ2v) is 5.48. The van der Waals surface area contributed by atoms with Gasteiger partial charge in [0.1, 0.15) is 0 Å². The fourth-order valence-electron chi connectivity index (χ4n) is 1.92. The summed E-state index contributed by atoms with van der Waals surface area (Å²) in [4.78, 5) is 13.8. The van der Waals surface area contributed by atoms with E-state index in [4.69, 9.17) is 0 Å². The molecule has 0 amide bonds. The molecule has 0 bridgehead atoms. The van der Waals surface area contributed by atoms with Gasteiger partial charge in [0.05, 0.1) is 5.56 Å². The van der Waals surface area contributed by atoms with E-state index in [0.29, 0.717) is 10.0 Å². The van der Waals surface area contributed by atoms with Gasteiger partial charge < -0.3 is 5.11 Å². The average Bonchev–Trinajstić information content (AvgIpc) is 2.41. The Kier molecular flexibility index (Phi) is 4.29. The Bertz CT molecular complexity index is 697. The van der Waals surface area contributed by atoms with E-state index in [1.807, 2.05) is 26.0 Å². The van der Waals surface area contributed by atoms with Gasteiger partial charge in [-0.3, -0.25) is 0 Å². The van der Waals surface area contributed by atoms with Crippen molar-refractivity contribution in [2.45, 2.75) is 13.8 Å². The first kappa shape index (κ1) is 14.4. The van der Waals surface area contributed by atoms with Crippen LogP contribution < -0.4 is 4.99 Å². The van der Waals surface area contributed by atoms with Crippen LogP contribution in [0.25, 0.3) is 0 Å². The van der Waals surface area contributed by atoms with Gasteiger partial charge in [-0.05, 0) is 37.2 Å². The van der Waals surface area contributed by atoms with Crippen molar-refractivity contribution in [3.8, 4) is 5.75 Å². The number of hydrogen-bond donors (Lipinski definition) is 2. The number of nitrogens with zero attached hydrogens (tertiary/aromatic N) is 1. The molecule has 0 aromatic heterocycles.